The van der Waals surface area contributed by atoms with E-state index in [4.69, 9.17) is 10.5 Å². The molecule has 0 aliphatic rings. The first-order valence-electron chi connectivity index (χ1n) is 4.48. The van der Waals surface area contributed by atoms with Crippen LogP contribution in [0.25, 0.3) is 6.08 Å². The lowest BCUT2D eigenvalue weighted by Gasteiger charge is -2.00. The molecule has 1 heterocycles. The lowest BCUT2D eigenvalue weighted by molar-refractivity contribution is 0.440. The Bertz CT molecular complexity index is 481. The molecule has 5 heteroatoms. The van der Waals surface area contributed by atoms with Crippen LogP contribution in [0.2, 0.25) is 0 Å². The monoisotopic (exact) mass is 230 g/mol. The van der Waals surface area contributed by atoms with Crippen molar-refractivity contribution in [3.05, 3.63) is 27.5 Å². The second-order valence-electron chi connectivity index (χ2n) is 3.11. The predicted molar refractivity (Wildman–Crippen MR) is 64.8 cm³/mol. The molecule has 0 bridgehead atoms. The fraction of sp³-hybridized carbons (Fsp3) is 0.182. The van der Waals surface area contributed by atoms with Crippen LogP contribution in [0.5, 0.6) is 0 Å². The van der Waals surface area contributed by atoms with E-state index in [0.29, 0.717) is 0 Å². The molecule has 0 spiro atoms. The van der Waals surface area contributed by atoms with Gasteiger partial charge in [-0.05, 0) is 18.2 Å². The third-order valence-electron chi connectivity index (χ3n) is 1.59. The summed E-state index contributed by atoms with van der Waals surface area (Å²) in [6.07, 6.45) is 3.30. The highest BCUT2D eigenvalue weighted by molar-refractivity contribution is 7.14. The number of rotatable bonds is 3. The Morgan fingerprint density at radius 2 is 1.94 bits per heavy atom. The first-order valence-corrected chi connectivity index (χ1v) is 5.30. The van der Waals surface area contributed by atoms with Gasteiger partial charge in [0.25, 0.3) is 0 Å². The van der Waals surface area contributed by atoms with Gasteiger partial charge in [-0.2, -0.15) is 15.6 Å². The molecule has 0 unspecified atom stereocenters. The van der Waals surface area contributed by atoms with Crippen LogP contribution in [0.1, 0.15) is 9.75 Å². The fourth-order valence-corrected chi connectivity index (χ4v) is 1.74. The van der Waals surface area contributed by atoms with Gasteiger partial charge in [0, 0.05) is 23.8 Å². The zero-order valence-corrected chi connectivity index (χ0v) is 9.82. The van der Waals surface area contributed by atoms with Crippen molar-refractivity contribution in [1.82, 2.24) is 5.01 Å². The Morgan fingerprint density at radius 1 is 1.31 bits per heavy atom. The molecule has 0 N–H and O–H groups in total. The summed E-state index contributed by atoms with van der Waals surface area (Å²) in [4.78, 5) is 1.86. The van der Waals surface area contributed by atoms with Gasteiger partial charge in [0.15, 0.2) is 0 Å². The van der Waals surface area contributed by atoms with Crippen LogP contribution in [0.15, 0.2) is 22.8 Å². The largest absolute Gasteiger partial charge is 0.303 e. The smallest absolute Gasteiger partial charge is 0.131 e. The highest BCUT2D eigenvalue weighted by atomic mass is 32.1. The van der Waals surface area contributed by atoms with Crippen molar-refractivity contribution in [2.45, 2.75) is 0 Å². The molecule has 0 radical (unpaired) electrons. The normalized spacial score (nSPS) is 9.50. The Labute approximate surface area is 98.3 Å². The van der Waals surface area contributed by atoms with E-state index in [-0.39, 0.29) is 5.57 Å². The number of hydrogen-bond acceptors (Lipinski definition) is 5. The number of nitriles is 2. The summed E-state index contributed by atoms with van der Waals surface area (Å²) >= 11 is 1.48. The number of hydrogen-bond donors (Lipinski definition) is 0. The van der Waals surface area contributed by atoms with Crippen molar-refractivity contribution in [1.29, 1.82) is 10.5 Å². The molecule has 0 saturated carbocycles. The quantitative estimate of drug-likeness (QED) is 0.453. The summed E-state index contributed by atoms with van der Waals surface area (Å²) in [5.74, 6) is 0. The van der Waals surface area contributed by atoms with Crippen LogP contribution in [0.3, 0.4) is 0 Å². The molecular formula is C11H10N4S. The van der Waals surface area contributed by atoms with Crippen molar-refractivity contribution in [2.24, 2.45) is 5.10 Å². The minimum Gasteiger partial charge on any atom is -0.303 e. The summed E-state index contributed by atoms with van der Waals surface area (Å²) in [7, 11) is 3.68. The van der Waals surface area contributed by atoms with E-state index in [1.807, 2.05) is 38.4 Å². The zero-order chi connectivity index (χ0) is 12.0. The Kier molecular flexibility index (Phi) is 4.26. The van der Waals surface area contributed by atoms with Crippen LogP contribution in [-0.4, -0.2) is 25.3 Å². The molecule has 1 aromatic heterocycles. The second kappa shape index (κ2) is 5.69. The van der Waals surface area contributed by atoms with Gasteiger partial charge in [-0.15, -0.1) is 11.3 Å². The summed E-state index contributed by atoms with van der Waals surface area (Å²) in [5.41, 5.74) is 0.109. The van der Waals surface area contributed by atoms with E-state index in [1.165, 1.54) is 11.3 Å². The summed E-state index contributed by atoms with van der Waals surface area (Å²) in [6.45, 7) is 0. The first kappa shape index (κ1) is 12.0. The standard InChI is InChI=1S/C11H10N4S/c1-15(2)14-8-11-4-3-10(16-11)5-9(6-12)7-13/h3-5,8H,1-2H3/b14-8-. The lowest BCUT2D eigenvalue weighted by Crippen LogP contribution is -2.01. The SMILES string of the molecule is CN(C)/N=C\c1ccc(C=C(C#N)C#N)s1. The highest BCUT2D eigenvalue weighted by Gasteiger charge is 1.98. The Balaban J connectivity index is 2.85. The first-order chi connectivity index (χ1) is 7.65. The molecule has 0 saturated heterocycles. The lowest BCUT2D eigenvalue weighted by atomic mass is 10.3. The Hall–Kier alpha value is -2.11. The van der Waals surface area contributed by atoms with Crippen LogP contribution in [0, 0.1) is 22.7 Å². The van der Waals surface area contributed by atoms with Gasteiger partial charge >= 0.3 is 0 Å². The zero-order valence-electron chi connectivity index (χ0n) is 9.01. The average molecular weight is 230 g/mol. The van der Waals surface area contributed by atoms with E-state index >= 15 is 0 Å². The van der Waals surface area contributed by atoms with E-state index in [1.54, 1.807) is 17.3 Å². The topological polar surface area (TPSA) is 63.2 Å². The maximum atomic E-state index is 8.60. The van der Waals surface area contributed by atoms with E-state index in [9.17, 15) is 0 Å². The van der Waals surface area contributed by atoms with Gasteiger partial charge in [-0.1, -0.05) is 0 Å². The van der Waals surface area contributed by atoms with Crippen LogP contribution >= 0.6 is 11.3 Å². The average Bonchev–Trinajstić information content (AvgIpc) is 2.70. The molecule has 0 amide bonds. The summed E-state index contributed by atoms with van der Waals surface area (Å²) in [5, 5.41) is 23.0. The van der Waals surface area contributed by atoms with E-state index in [2.05, 4.69) is 5.10 Å². The van der Waals surface area contributed by atoms with Gasteiger partial charge in [0.05, 0.1) is 6.21 Å². The molecule has 0 aromatic carbocycles. The number of hydrazone groups is 1. The van der Waals surface area contributed by atoms with Crippen molar-refractivity contribution in [2.75, 3.05) is 14.1 Å². The van der Waals surface area contributed by atoms with Crippen molar-refractivity contribution >= 4 is 23.6 Å². The van der Waals surface area contributed by atoms with Crippen LogP contribution < -0.4 is 0 Å². The van der Waals surface area contributed by atoms with Crippen molar-refractivity contribution in [3.8, 4) is 12.1 Å². The fourth-order valence-electron chi connectivity index (χ4n) is 0.920. The summed E-state index contributed by atoms with van der Waals surface area (Å²) < 4.78 is 0. The van der Waals surface area contributed by atoms with Crippen molar-refractivity contribution < 1.29 is 0 Å². The molecule has 4 nitrogen and oxygen atoms in total. The Morgan fingerprint density at radius 3 is 2.50 bits per heavy atom. The molecule has 0 aliphatic heterocycles. The van der Waals surface area contributed by atoms with Gasteiger partial charge in [-0.3, -0.25) is 0 Å². The van der Waals surface area contributed by atoms with Gasteiger partial charge < -0.3 is 5.01 Å². The van der Waals surface area contributed by atoms with E-state index < -0.39 is 0 Å². The molecule has 16 heavy (non-hydrogen) atoms. The van der Waals surface area contributed by atoms with E-state index in [0.717, 1.165) is 9.75 Å². The third-order valence-corrected chi connectivity index (χ3v) is 2.56. The molecule has 80 valence electrons. The summed E-state index contributed by atoms with van der Waals surface area (Å²) in [6, 6.07) is 7.41. The molecule has 0 atom stereocenters. The van der Waals surface area contributed by atoms with Gasteiger partial charge in [0.1, 0.15) is 17.7 Å². The molecule has 1 rings (SSSR count). The van der Waals surface area contributed by atoms with Crippen LogP contribution in [-0.2, 0) is 0 Å². The highest BCUT2D eigenvalue weighted by Crippen LogP contribution is 2.17. The number of thiophene rings is 1. The molecule has 0 fully saturated rings. The van der Waals surface area contributed by atoms with Crippen molar-refractivity contribution in [3.63, 3.8) is 0 Å². The second-order valence-corrected chi connectivity index (χ2v) is 4.26. The number of allylic oxidation sites excluding steroid dienone is 1. The van der Waals surface area contributed by atoms with Gasteiger partial charge in [0.2, 0.25) is 0 Å². The van der Waals surface area contributed by atoms with Crippen LogP contribution in [0.4, 0.5) is 0 Å². The molecular weight excluding hydrogens is 220 g/mol. The molecule has 0 aliphatic carbocycles. The van der Waals surface area contributed by atoms with Gasteiger partial charge in [-0.25, -0.2) is 0 Å². The molecule has 1 aromatic rings. The third kappa shape index (κ3) is 3.56. The minimum absolute atomic E-state index is 0.109. The maximum absolute atomic E-state index is 8.60. The predicted octanol–water partition coefficient (Wildman–Crippen LogP) is 2.07. The minimum atomic E-state index is 0.109. The maximum Gasteiger partial charge on any atom is 0.131 e. The number of nitrogens with zero attached hydrogens (tertiary/aromatic N) is 4.